The van der Waals surface area contributed by atoms with Crippen molar-refractivity contribution in [3.63, 3.8) is 0 Å². The molecule has 0 aliphatic heterocycles. The maximum absolute atomic E-state index is 12.2. The number of carbonyl (C=O) groups excluding carboxylic acids is 1. The van der Waals surface area contributed by atoms with Crippen LogP contribution in [0.5, 0.6) is 0 Å². The summed E-state index contributed by atoms with van der Waals surface area (Å²) in [6, 6.07) is -0.692. The second kappa shape index (κ2) is 4.07. The van der Waals surface area contributed by atoms with Gasteiger partial charge in [-0.2, -0.15) is 22.0 Å². The Hall–Kier alpha value is -0.920. The lowest BCUT2D eigenvalue weighted by atomic mass is 10.3. The van der Waals surface area contributed by atoms with Crippen LogP contribution >= 0.6 is 0 Å². The molecule has 14 heavy (non-hydrogen) atoms. The van der Waals surface area contributed by atoms with Crippen LogP contribution in [0.4, 0.5) is 22.0 Å². The summed E-state index contributed by atoms with van der Waals surface area (Å²) in [4.78, 5) is 10.4. The van der Waals surface area contributed by atoms with E-state index in [0.717, 1.165) is 0 Å². The van der Waals surface area contributed by atoms with Crippen LogP contribution in [0.3, 0.4) is 0 Å². The van der Waals surface area contributed by atoms with Gasteiger partial charge in [0.2, 0.25) is 0 Å². The summed E-state index contributed by atoms with van der Waals surface area (Å²) in [7, 11) is 0. The lowest BCUT2D eigenvalue weighted by Gasteiger charge is -2.19. The van der Waals surface area contributed by atoms with E-state index in [2.05, 4.69) is 0 Å². The molecule has 0 aromatic rings. The van der Waals surface area contributed by atoms with E-state index in [0.29, 0.717) is 0 Å². The summed E-state index contributed by atoms with van der Waals surface area (Å²) in [5.41, 5.74) is 5.05. The fraction of sp³-hybridized carbons (Fsp3) is 0.833. The number of hydrogen-bond donors (Lipinski definition) is 2. The number of hydrogen-bond acceptors (Lipinski definition) is 2. The zero-order valence-electron chi connectivity index (χ0n) is 7.16. The van der Waals surface area contributed by atoms with E-state index < -0.39 is 30.6 Å². The minimum Gasteiger partial charge on any atom is -0.349 e. The predicted octanol–water partition coefficient (Wildman–Crippen LogP) is 0.647. The van der Waals surface area contributed by atoms with Crippen LogP contribution in [0.25, 0.3) is 0 Å². The second-order valence-corrected chi connectivity index (χ2v) is 2.76. The lowest BCUT2D eigenvalue weighted by Crippen LogP contribution is -2.52. The van der Waals surface area contributed by atoms with Gasteiger partial charge < -0.3 is 11.1 Å². The van der Waals surface area contributed by atoms with Gasteiger partial charge in [0.25, 0.3) is 5.91 Å². The number of carbonyl (C=O) groups is 1. The Labute approximate surface area is 76.4 Å². The van der Waals surface area contributed by atoms with Crippen molar-refractivity contribution in [2.45, 2.75) is 25.1 Å². The zero-order valence-corrected chi connectivity index (χ0v) is 7.16. The molecule has 0 aliphatic rings. The molecule has 1 unspecified atom stereocenters. The molecule has 8 heteroatoms. The van der Waals surface area contributed by atoms with Crippen LogP contribution in [0.1, 0.15) is 6.92 Å². The molecule has 3 N–H and O–H groups in total. The molecule has 0 fully saturated rings. The molecule has 1 atom stereocenters. The van der Waals surface area contributed by atoms with E-state index in [9.17, 15) is 26.7 Å². The van der Waals surface area contributed by atoms with E-state index in [1.165, 1.54) is 12.2 Å². The SMILES string of the molecule is CC(N)CNC(=O)C(F)(F)C(F)(F)F. The molecule has 0 heterocycles. The van der Waals surface area contributed by atoms with Crippen LogP contribution in [0, 0.1) is 0 Å². The average molecular weight is 220 g/mol. The van der Waals surface area contributed by atoms with Gasteiger partial charge in [0.15, 0.2) is 0 Å². The summed E-state index contributed by atoms with van der Waals surface area (Å²) in [5.74, 6) is -7.76. The van der Waals surface area contributed by atoms with Gasteiger partial charge in [-0.1, -0.05) is 0 Å². The summed E-state index contributed by atoms with van der Waals surface area (Å²) < 4.78 is 59.1. The molecule has 0 radical (unpaired) electrons. The Bertz CT molecular complexity index is 213. The zero-order chi connectivity index (χ0) is 11.6. The average Bonchev–Trinajstić information content (AvgIpc) is 1.97. The van der Waals surface area contributed by atoms with Gasteiger partial charge in [-0.15, -0.1) is 0 Å². The monoisotopic (exact) mass is 220 g/mol. The van der Waals surface area contributed by atoms with Gasteiger partial charge in [-0.25, -0.2) is 0 Å². The molecule has 0 rings (SSSR count). The highest BCUT2D eigenvalue weighted by Gasteiger charge is 2.63. The molecule has 3 nitrogen and oxygen atoms in total. The first-order chi connectivity index (χ1) is 6.09. The van der Waals surface area contributed by atoms with Gasteiger partial charge in [0.05, 0.1) is 0 Å². The Kier molecular flexibility index (Phi) is 3.81. The fourth-order valence-corrected chi connectivity index (χ4v) is 0.493. The third kappa shape index (κ3) is 3.09. The molecule has 0 aromatic carbocycles. The maximum Gasteiger partial charge on any atom is 0.463 e. The van der Waals surface area contributed by atoms with Crippen molar-refractivity contribution >= 4 is 5.91 Å². The van der Waals surface area contributed by atoms with Crippen LogP contribution in [0.2, 0.25) is 0 Å². The molecule has 0 spiro atoms. The van der Waals surface area contributed by atoms with Crippen molar-refractivity contribution in [2.24, 2.45) is 5.73 Å². The molecule has 0 saturated heterocycles. The standard InChI is InChI=1S/C6H9F5N2O/c1-3(12)2-13-4(14)5(7,8)6(9,10)11/h3H,2,12H2,1H3,(H,13,14). The van der Waals surface area contributed by atoms with E-state index in [4.69, 9.17) is 5.73 Å². The summed E-state index contributed by atoms with van der Waals surface area (Å²) in [6.07, 6.45) is -5.88. The first-order valence-electron chi connectivity index (χ1n) is 3.57. The van der Waals surface area contributed by atoms with Crippen molar-refractivity contribution in [2.75, 3.05) is 6.54 Å². The van der Waals surface area contributed by atoms with Crippen molar-refractivity contribution in [1.82, 2.24) is 5.32 Å². The van der Waals surface area contributed by atoms with Gasteiger partial charge in [0, 0.05) is 12.6 Å². The second-order valence-electron chi connectivity index (χ2n) is 2.76. The van der Waals surface area contributed by atoms with Crippen LogP contribution < -0.4 is 11.1 Å². The van der Waals surface area contributed by atoms with Gasteiger partial charge in [0.1, 0.15) is 0 Å². The van der Waals surface area contributed by atoms with Gasteiger partial charge in [-0.05, 0) is 6.92 Å². The quantitative estimate of drug-likeness (QED) is 0.686. The largest absolute Gasteiger partial charge is 0.463 e. The molecule has 0 bridgehead atoms. The predicted molar refractivity (Wildman–Crippen MR) is 37.7 cm³/mol. The molecule has 1 amide bonds. The smallest absolute Gasteiger partial charge is 0.349 e. The first-order valence-corrected chi connectivity index (χ1v) is 3.57. The van der Waals surface area contributed by atoms with Crippen molar-refractivity contribution in [3.05, 3.63) is 0 Å². The molecule has 0 saturated carbocycles. The van der Waals surface area contributed by atoms with Gasteiger partial charge >= 0.3 is 12.1 Å². The molecule has 84 valence electrons. The van der Waals surface area contributed by atoms with Crippen LogP contribution in [-0.2, 0) is 4.79 Å². The summed E-state index contributed by atoms with van der Waals surface area (Å²) in [6.45, 7) is 0.913. The highest BCUT2D eigenvalue weighted by Crippen LogP contribution is 2.35. The minimum absolute atomic E-state index is 0.440. The van der Waals surface area contributed by atoms with Crippen molar-refractivity contribution in [1.29, 1.82) is 0 Å². The topological polar surface area (TPSA) is 55.1 Å². The minimum atomic E-state index is -5.88. The van der Waals surface area contributed by atoms with E-state index in [-0.39, 0.29) is 0 Å². The molecule has 0 aliphatic carbocycles. The Balaban J connectivity index is 4.38. The van der Waals surface area contributed by atoms with E-state index in [1.54, 1.807) is 0 Å². The number of amides is 1. The van der Waals surface area contributed by atoms with Crippen molar-refractivity contribution in [3.8, 4) is 0 Å². The third-order valence-corrected chi connectivity index (χ3v) is 1.23. The lowest BCUT2D eigenvalue weighted by molar-refractivity contribution is -0.269. The number of alkyl halides is 5. The van der Waals surface area contributed by atoms with E-state index in [1.807, 2.05) is 0 Å². The van der Waals surface area contributed by atoms with E-state index >= 15 is 0 Å². The van der Waals surface area contributed by atoms with Gasteiger partial charge in [-0.3, -0.25) is 4.79 Å². The number of halogens is 5. The maximum atomic E-state index is 12.2. The molecular formula is C6H9F5N2O. The molecule has 0 aromatic heterocycles. The van der Waals surface area contributed by atoms with Crippen molar-refractivity contribution < 1.29 is 26.7 Å². The van der Waals surface area contributed by atoms with Crippen LogP contribution in [-0.4, -0.2) is 30.6 Å². The van der Waals surface area contributed by atoms with Crippen LogP contribution in [0.15, 0.2) is 0 Å². The Morgan fingerprint density at radius 2 is 1.79 bits per heavy atom. The fourth-order valence-electron chi connectivity index (χ4n) is 0.493. The number of rotatable bonds is 3. The Morgan fingerprint density at radius 1 is 1.36 bits per heavy atom. The number of nitrogens with one attached hydrogen (secondary N) is 1. The number of nitrogens with two attached hydrogens (primary N) is 1. The Morgan fingerprint density at radius 3 is 2.07 bits per heavy atom. The third-order valence-electron chi connectivity index (χ3n) is 1.23. The summed E-state index contributed by atoms with van der Waals surface area (Å²) >= 11 is 0. The molecular weight excluding hydrogens is 211 g/mol. The first kappa shape index (κ1) is 13.1. The normalized spacial score (nSPS) is 15.1. The summed E-state index contributed by atoms with van der Waals surface area (Å²) in [5, 5.41) is 1.39. The highest BCUT2D eigenvalue weighted by atomic mass is 19.4. The highest BCUT2D eigenvalue weighted by molar-refractivity contribution is 5.84.